The van der Waals surface area contributed by atoms with Gasteiger partial charge in [0.25, 0.3) is 10.1 Å². The van der Waals surface area contributed by atoms with Crippen LogP contribution in [0.2, 0.25) is 0 Å². The number of nitrogens with one attached hydrogen (secondary N) is 1. The second-order valence-corrected chi connectivity index (χ2v) is 21.9. The molecule has 0 heterocycles. The SMILES string of the molecule is COc1ccc(OC)c([PH+](C(C)(C)C)C(C)(C)C)c1-c1c(C(C)C)cc(C(C)C)cc1C(C)C.CS(=O)(=O)O.[NH-]c1ccccc1-c1[c-]cccc1.[Pd+2]. The van der Waals surface area contributed by atoms with E-state index in [9.17, 15) is 8.42 Å². The van der Waals surface area contributed by atoms with Crippen molar-refractivity contribution in [1.82, 2.24) is 0 Å². The fourth-order valence-corrected chi connectivity index (χ4v) is 11.5. The Hall–Kier alpha value is -2.72. The molecule has 9 heteroatoms. The summed E-state index contributed by atoms with van der Waals surface area (Å²) in [6.07, 6.45) is 0.715. The molecular formula is C44H63NO5PPdS+. The number of hydrogen-bond acceptors (Lipinski definition) is 4. The monoisotopic (exact) mass is 854 g/mol. The summed E-state index contributed by atoms with van der Waals surface area (Å²) in [6.45, 7) is 28.2. The average Bonchev–Trinajstić information content (AvgIpc) is 3.02. The van der Waals surface area contributed by atoms with Crippen molar-refractivity contribution in [2.75, 3.05) is 20.5 Å². The fraction of sp³-hybridized carbons (Fsp3) is 0.455. The smallest absolute Gasteiger partial charge is 0.706 e. The van der Waals surface area contributed by atoms with Crippen LogP contribution in [0, 0.1) is 6.07 Å². The second-order valence-electron chi connectivity index (χ2n) is 16.2. The molecule has 4 aromatic carbocycles. The van der Waals surface area contributed by atoms with Crippen LogP contribution in [0.5, 0.6) is 11.5 Å². The Morgan fingerprint density at radius 1 is 0.717 bits per heavy atom. The molecule has 0 unspecified atom stereocenters. The van der Waals surface area contributed by atoms with E-state index < -0.39 is 18.0 Å². The third kappa shape index (κ3) is 13.8. The summed E-state index contributed by atoms with van der Waals surface area (Å²) in [5.41, 5.74) is 17.0. The fourth-order valence-electron chi connectivity index (χ4n) is 6.80. The Balaban J connectivity index is 0.000000603. The molecule has 0 atom stereocenters. The van der Waals surface area contributed by atoms with Crippen LogP contribution in [0.25, 0.3) is 28.0 Å². The van der Waals surface area contributed by atoms with Crippen molar-refractivity contribution >= 4 is 29.0 Å². The van der Waals surface area contributed by atoms with E-state index in [1.54, 1.807) is 6.07 Å². The summed E-state index contributed by atoms with van der Waals surface area (Å²) in [6, 6.07) is 27.5. The van der Waals surface area contributed by atoms with Gasteiger partial charge < -0.3 is 15.2 Å². The maximum absolute atomic E-state index is 9.19. The molecule has 0 radical (unpaired) electrons. The van der Waals surface area contributed by atoms with Gasteiger partial charge >= 0.3 is 20.4 Å². The van der Waals surface area contributed by atoms with Gasteiger partial charge in [-0.1, -0.05) is 77.9 Å². The van der Waals surface area contributed by atoms with Crippen LogP contribution >= 0.6 is 7.92 Å². The van der Waals surface area contributed by atoms with E-state index >= 15 is 0 Å². The first-order valence-electron chi connectivity index (χ1n) is 17.9. The number of hydrogen-bond donors (Lipinski definition) is 1. The predicted molar refractivity (Wildman–Crippen MR) is 227 cm³/mol. The van der Waals surface area contributed by atoms with Crippen molar-refractivity contribution in [3.63, 3.8) is 0 Å². The molecule has 0 fully saturated rings. The molecule has 0 saturated carbocycles. The standard InChI is InChI=1S/C31H49O2P.C12H9N.CH4O3S.Pd/c1-19(2)22-17-23(20(3)4)27(24(18-22)21(5)6)28-25(32-13)15-16-26(33-14)29(28)34(30(7,8)9)31(10,11)12;13-12-9-5-4-8-11(12)10-6-2-1-3-7-10;1-5(2,3)4;/h15-21H,1-14H3;1-6,8-9,13H;1H3,(H,2,3,4);/q;-2;;+2/p+1. The van der Waals surface area contributed by atoms with Gasteiger partial charge in [-0.3, -0.25) is 4.55 Å². The molecule has 0 aromatic heterocycles. The minimum atomic E-state index is -3.67. The molecular weight excluding hydrogens is 792 g/mol. The van der Waals surface area contributed by atoms with Crippen LogP contribution in [-0.4, -0.2) is 43.8 Å². The summed E-state index contributed by atoms with van der Waals surface area (Å²) in [4.78, 5) is 0. The molecule has 4 aromatic rings. The zero-order valence-electron chi connectivity index (χ0n) is 34.5. The van der Waals surface area contributed by atoms with Gasteiger partial charge in [-0.05, 0) is 93.7 Å². The maximum Gasteiger partial charge on any atom is 2.00 e. The summed E-state index contributed by atoms with van der Waals surface area (Å²) in [7, 11) is -1.16. The molecule has 2 N–H and O–H groups in total. The summed E-state index contributed by atoms with van der Waals surface area (Å²) < 4.78 is 38.1. The minimum Gasteiger partial charge on any atom is -0.706 e. The summed E-state index contributed by atoms with van der Waals surface area (Å²) in [5, 5.41) is 1.63. The zero-order chi connectivity index (χ0) is 39.8. The molecule has 0 aliphatic heterocycles. The Morgan fingerprint density at radius 3 is 1.55 bits per heavy atom. The molecule has 294 valence electrons. The van der Waals surface area contributed by atoms with E-state index in [0.29, 0.717) is 29.7 Å². The van der Waals surface area contributed by atoms with Gasteiger partial charge in [0.2, 0.25) is 0 Å². The van der Waals surface area contributed by atoms with Crippen molar-refractivity contribution < 1.29 is 42.9 Å². The van der Waals surface area contributed by atoms with Crippen molar-refractivity contribution in [2.45, 2.75) is 111 Å². The molecule has 0 bridgehead atoms. The van der Waals surface area contributed by atoms with E-state index in [0.717, 1.165) is 22.6 Å². The van der Waals surface area contributed by atoms with Crippen LogP contribution in [0.15, 0.2) is 72.8 Å². The van der Waals surface area contributed by atoms with Gasteiger partial charge in [0, 0.05) is 7.92 Å². The summed E-state index contributed by atoms with van der Waals surface area (Å²) in [5.74, 6) is 3.23. The van der Waals surface area contributed by atoms with Crippen LogP contribution < -0.4 is 14.8 Å². The minimum absolute atomic E-state index is 0. The average molecular weight is 855 g/mol. The van der Waals surface area contributed by atoms with E-state index in [4.69, 9.17) is 19.8 Å². The molecule has 0 aliphatic rings. The third-order valence-electron chi connectivity index (χ3n) is 8.63. The van der Waals surface area contributed by atoms with E-state index in [1.807, 2.05) is 56.7 Å². The Labute approximate surface area is 336 Å². The first-order chi connectivity index (χ1) is 23.9. The topological polar surface area (TPSA) is 96.6 Å². The van der Waals surface area contributed by atoms with Crippen LogP contribution in [0.3, 0.4) is 0 Å². The number of methoxy groups -OCH3 is 2. The number of benzene rings is 4. The van der Waals surface area contributed by atoms with Crippen molar-refractivity contribution in [2.24, 2.45) is 0 Å². The van der Waals surface area contributed by atoms with Crippen molar-refractivity contribution in [1.29, 1.82) is 0 Å². The van der Waals surface area contributed by atoms with E-state index in [2.05, 4.69) is 113 Å². The van der Waals surface area contributed by atoms with Gasteiger partial charge in [0.1, 0.15) is 11.1 Å². The molecule has 0 amide bonds. The first-order valence-corrected chi connectivity index (χ1v) is 21.3. The second kappa shape index (κ2) is 20.3. The van der Waals surface area contributed by atoms with Gasteiger partial charge in [-0.25, -0.2) is 0 Å². The Morgan fingerprint density at radius 2 is 1.17 bits per heavy atom. The third-order valence-corrected chi connectivity index (χ3v) is 12.6. The van der Waals surface area contributed by atoms with Crippen LogP contribution in [0.4, 0.5) is 5.69 Å². The Bertz CT molecular complexity index is 1810. The quantitative estimate of drug-likeness (QED) is 0.0824. The molecule has 0 spiro atoms. The number of rotatable bonds is 8. The molecule has 6 nitrogen and oxygen atoms in total. The van der Waals surface area contributed by atoms with Gasteiger partial charge in [-0.2, -0.15) is 14.1 Å². The van der Waals surface area contributed by atoms with Gasteiger partial charge in [0.05, 0.1) is 36.4 Å². The predicted octanol–water partition coefficient (Wildman–Crippen LogP) is 12.5. The Kier molecular flexibility index (Phi) is 18.5. The molecule has 53 heavy (non-hydrogen) atoms. The van der Waals surface area contributed by atoms with Crippen LogP contribution in [-0.2, 0) is 30.5 Å². The normalized spacial score (nSPS) is 11.8. The summed E-state index contributed by atoms with van der Waals surface area (Å²) >= 11 is 0. The van der Waals surface area contributed by atoms with Crippen LogP contribution in [0.1, 0.15) is 118 Å². The molecule has 4 rings (SSSR count). The molecule has 0 saturated heterocycles. The van der Waals surface area contributed by atoms with Gasteiger partial charge in [0.15, 0.2) is 5.75 Å². The number of ether oxygens (including phenoxy) is 2. The molecule has 0 aliphatic carbocycles. The van der Waals surface area contributed by atoms with E-state index in [-0.39, 0.29) is 30.7 Å². The largest absolute Gasteiger partial charge is 2.00 e. The van der Waals surface area contributed by atoms with Crippen molar-refractivity contribution in [3.8, 4) is 33.8 Å². The van der Waals surface area contributed by atoms with Crippen molar-refractivity contribution in [3.05, 3.63) is 101 Å². The zero-order valence-corrected chi connectivity index (χ0v) is 37.8. The maximum atomic E-state index is 9.19. The van der Waals surface area contributed by atoms with Gasteiger partial charge in [-0.15, -0.1) is 41.5 Å². The first kappa shape index (κ1) is 48.3. The van der Waals surface area contributed by atoms with E-state index in [1.165, 1.54) is 33.1 Å².